The van der Waals surface area contributed by atoms with Crippen LogP contribution in [0.4, 0.5) is 25.8 Å². The zero-order valence-electron chi connectivity index (χ0n) is 17.4. The Morgan fingerprint density at radius 2 is 1.94 bits per heavy atom. The molecule has 5 rings (SSSR count). The molecule has 33 heavy (non-hydrogen) atoms. The summed E-state index contributed by atoms with van der Waals surface area (Å²) in [5.74, 6) is -1.49. The van der Waals surface area contributed by atoms with Crippen LogP contribution in [0.15, 0.2) is 67.0 Å². The molecule has 1 aliphatic rings. The van der Waals surface area contributed by atoms with Gasteiger partial charge in [-0.1, -0.05) is 18.2 Å². The maximum absolute atomic E-state index is 14.4. The van der Waals surface area contributed by atoms with Crippen LogP contribution in [0.5, 0.6) is 5.75 Å². The van der Waals surface area contributed by atoms with Crippen molar-refractivity contribution >= 4 is 33.9 Å². The smallest absolute Gasteiger partial charge is 0.423 e. The van der Waals surface area contributed by atoms with Crippen LogP contribution < -0.4 is 15.0 Å². The lowest BCUT2D eigenvalue weighted by Gasteiger charge is -2.33. The van der Waals surface area contributed by atoms with Gasteiger partial charge in [-0.15, -0.1) is 0 Å². The molecule has 0 saturated carbocycles. The molecule has 4 aromatic rings. The summed E-state index contributed by atoms with van der Waals surface area (Å²) < 4.78 is 33.6. The van der Waals surface area contributed by atoms with Crippen molar-refractivity contribution in [2.24, 2.45) is 0 Å². The first-order chi connectivity index (χ1) is 15.9. The second-order valence-electron chi connectivity index (χ2n) is 7.69. The van der Waals surface area contributed by atoms with Crippen molar-refractivity contribution in [2.45, 2.75) is 19.1 Å². The molecule has 0 radical (unpaired) electrons. The molecule has 1 amide bonds. The number of anilines is 3. The number of H-pyrrole nitrogens is 1. The monoisotopic (exact) mass is 450 g/mol. The number of rotatable bonds is 6. The van der Waals surface area contributed by atoms with Crippen molar-refractivity contribution in [1.29, 1.82) is 0 Å². The molecule has 3 N–H and O–H groups in total. The number of alkyl halides is 2. The summed E-state index contributed by atoms with van der Waals surface area (Å²) in [7, 11) is 0. The van der Waals surface area contributed by atoms with Gasteiger partial charge in [-0.05, 0) is 42.3 Å². The molecule has 0 bridgehead atoms. The van der Waals surface area contributed by atoms with Crippen LogP contribution in [0.25, 0.3) is 10.9 Å². The van der Waals surface area contributed by atoms with Gasteiger partial charge in [0.2, 0.25) is 0 Å². The zero-order chi connectivity index (χ0) is 23.0. The van der Waals surface area contributed by atoms with Crippen LogP contribution in [-0.4, -0.2) is 33.6 Å². The number of aliphatic hydroxyl groups excluding tert-OH is 1. The highest BCUT2D eigenvalue weighted by molar-refractivity contribution is 6.01. The lowest BCUT2D eigenvalue weighted by atomic mass is 10.1. The average molecular weight is 450 g/mol. The van der Waals surface area contributed by atoms with Crippen molar-refractivity contribution in [1.82, 2.24) is 9.97 Å². The number of carbonyl (C=O) groups excluding carboxylic acids is 1. The third kappa shape index (κ3) is 3.98. The third-order valence-electron chi connectivity index (χ3n) is 5.53. The molecule has 0 aliphatic carbocycles. The molecule has 0 unspecified atom stereocenters. The number of carbonyl (C=O) groups is 1. The van der Waals surface area contributed by atoms with E-state index in [2.05, 4.69) is 15.3 Å². The number of nitrogens with one attached hydrogen (secondary N) is 2. The molecule has 1 aliphatic heterocycles. The first-order valence-electron chi connectivity index (χ1n) is 10.4. The standard InChI is InChI=1S/C24H20F2N4O3/c25-24(26)23(32)30(10-8-15-13-28-20-4-2-1-3-19(15)20)21-6-5-16(12-22(21)33-24)29-17-7-9-27-18(11-17)14-31/h1-7,9,11-13,28,31H,8,10,14H2,(H,27,29). The largest absolute Gasteiger partial charge is 0.482 e. The van der Waals surface area contributed by atoms with E-state index in [1.165, 1.54) is 12.3 Å². The highest BCUT2D eigenvalue weighted by Gasteiger charge is 2.50. The number of halogens is 2. The fraction of sp³-hybridized carbons (Fsp3) is 0.167. The van der Waals surface area contributed by atoms with Crippen LogP contribution in [-0.2, 0) is 17.8 Å². The Labute approximate surface area is 187 Å². The Balaban J connectivity index is 1.42. The minimum atomic E-state index is -3.97. The summed E-state index contributed by atoms with van der Waals surface area (Å²) >= 11 is 0. The van der Waals surface area contributed by atoms with E-state index in [0.29, 0.717) is 23.5 Å². The maximum Gasteiger partial charge on any atom is 0.482 e. The molecule has 7 nitrogen and oxygen atoms in total. The van der Waals surface area contributed by atoms with E-state index in [-0.39, 0.29) is 24.6 Å². The topological polar surface area (TPSA) is 90.5 Å². The van der Waals surface area contributed by atoms with E-state index in [9.17, 15) is 18.7 Å². The van der Waals surface area contributed by atoms with Crippen molar-refractivity contribution in [3.05, 3.63) is 78.2 Å². The van der Waals surface area contributed by atoms with Crippen molar-refractivity contribution in [2.75, 3.05) is 16.8 Å². The number of aromatic amines is 1. The van der Waals surface area contributed by atoms with E-state index in [0.717, 1.165) is 21.4 Å². The number of benzene rings is 2. The van der Waals surface area contributed by atoms with Gasteiger partial charge in [0, 0.05) is 47.3 Å². The average Bonchev–Trinajstić information content (AvgIpc) is 3.22. The number of para-hydroxylation sites is 1. The number of pyridine rings is 1. The molecule has 0 saturated heterocycles. The summed E-state index contributed by atoms with van der Waals surface area (Å²) in [4.78, 5) is 20.7. The molecular weight excluding hydrogens is 430 g/mol. The number of aromatic nitrogens is 2. The molecule has 9 heteroatoms. The lowest BCUT2D eigenvalue weighted by Crippen LogP contribution is -2.51. The maximum atomic E-state index is 14.4. The minimum Gasteiger partial charge on any atom is -0.423 e. The summed E-state index contributed by atoms with van der Waals surface area (Å²) in [6.07, 6.45) is -0.210. The van der Waals surface area contributed by atoms with E-state index in [1.54, 1.807) is 24.3 Å². The molecular formula is C24H20F2N4O3. The first-order valence-corrected chi connectivity index (χ1v) is 10.4. The summed E-state index contributed by atoms with van der Waals surface area (Å²) in [5.41, 5.74) is 3.75. The summed E-state index contributed by atoms with van der Waals surface area (Å²) in [6.45, 7) is -0.147. The molecule has 3 heterocycles. The Morgan fingerprint density at radius 1 is 1.12 bits per heavy atom. The van der Waals surface area contributed by atoms with Crippen LogP contribution in [0.2, 0.25) is 0 Å². The van der Waals surface area contributed by atoms with Gasteiger partial charge in [-0.25, -0.2) is 0 Å². The zero-order valence-corrected chi connectivity index (χ0v) is 17.4. The number of fused-ring (bicyclic) bond motifs is 2. The lowest BCUT2D eigenvalue weighted by molar-refractivity contribution is -0.192. The molecule has 2 aromatic heterocycles. The summed E-state index contributed by atoms with van der Waals surface area (Å²) in [5, 5.41) is 13.3. The van der Waals surface area contributed by atoms with E-state index >= 15 is 0 Å². The quantitative estimate of drug-likeness (QED) is 0.406. The fourth-order valence-electron chi connectivity index (χ4n) is 3.95. The fourth-order valence-corrected chi connectivity index (χ4v) is 3.95. The van der Waals surface area contributed by atoms with Crippen LogP contribution in [0, 0.1) is 0 Å². The number of nitrogens with zero attached hydrogens (tertiary/aromatic N) is 2. The number of aliphatic hydroxyl groups is 1. The molecule has 0 atom stereocenters. The van der Waals surface area contributed by atoms with Gasteiger partial charge in [-0.3, -0.25) is 14.7 Å². The van der Waals surface area contributed by atoms with Crippen LogP contribution >= 0.6 is 0 Å². The highest BCUT2D eigenvalue weighted by Crippen LogP contribution is 2.41. The summed E-state index contributed by atoms with van der Waals surface area (Å²) in [6, 6.07) is 15.7. The van der Waals surface area contributed by atoms with Crippen molar-refractivity contribution in [3.63, 3.8) is 0 Å². The second-order valence-corrected chi connectivity index (χ2v) is 7.69. The van der Waals surface area contributed by atoms with Gasteiger partial charge >= 0.3 is 12.0 Å². The Bertz CT molecular complexity index is 1340. The number of hydrogen-bond donors (Lipinski definition) is 3. The number of ether oxygens (including phenoxy) is 1. The molecule has 0 fully saturated rings. The van der Waals surface area contributed by atoms with Gasteiger partial charge in [0.25, 0.3) is 0 Å². The predicted octanol–water partition coefficient (Wildman–Crippen LogP) is 4.36. The predicted molar refractivity (Wildman–Crippen MR) is 120 cm³/mol. The van der Waals surface area contributed by atoms with Gasteiger partial charge < -0.3 is 20.1 Å². The molecule has 2 aromatic carbocycles. The van der Waals surface area contributed by atoms with Gasteiger partial charge in [0.1, 0.15) is 0 Å². The van der Waals surface area contributed by atoms with Crippen LogP contribution in [0.3, 0.4) is 0 Å². The van der Waals surface area contributed by atoms with E-state index in [4.69, 9.17) is 4.74 Å². The first kappa shape index (κ1) is 20.9. The SMILES string of the molecule is O=C1N(CCc2c[nH]c3ccccc23)c2ccc(Nc3ccnc(CO)c3)cc2OC1(F)F. The van der Waals surface area contributed by atoms with Gasteiger partial charge in [-0.2, -0.15) is 8.78 Å². The minimum absolute atomic E-state index is 0.0730. The van der Waals surface area contributed by atoms with Crippen molar-refractivity contribution < 1.29 is 23.4 Å². The van der Waals surface area contributed by atoms with Gasteiger partial charge in [0.05, 0.1) is 18.0 Å². The van der Waals surface area contributed by atoms with E-state index < -0.39 is 12.0 Å². The molecule has 0 spiro atoms. The van der Waals surface area contributed by atoms with Crippen LogP contribution in [0.1, 0.15) is 11.3 Å². The normalized spacial score (nSPS) is 14.8. The highest BCUT2D eigenvalue weighted by atomic mass is 19.3. The Kier molecular flexibility index (Phi) is 5.18. The Hall–Kier alpha value is -3.98. The molecule has 168 valence electrons. The van der Waals surface area contributed by atoms with E-state index in [1.807, 2.05) is 30.5 Å². The second kappa shape index (κ2) is 8.18. The number of hydrogen-bond acceptors (Lipinski definition) is 5. The van der Waals surface area contributed by atoms with Gasteiger partial charge in [0.15, 0.2) is 5.75 Å². The number of amides is 1. The van der Waals surface area contributed by atoms with Crippen molar-refractivity contribution in [3.8, 4) is 5.75 Å². The third-order valence-corrected chi connectivity index (χ3v) is 5.53. The Morgan fingerprint density at radius 3 is 2.79 bits per heavy atom.